The van der Waals surface area contributed by atoms with Gasteiger partial charge in [0.15, 0.2) is 0 Å². The number of hydrogen-bond donors (Lipinski definition) is 1. The Kier molecular flexibility index (Phi) is 21.4. The van der Waals surface area contributed by atoms with Crippen LogP contribution in [0.3, 0.4) is 0 Å². The number of carbonyl (C=O) groups is 7. The SMILES string of the molecule is CC(C)(C)OC(=O)[C@H](CCC[13CH2]O)N(C(=O)OC(C)(C)C)C(=O)OC(C)(C)C.CC(C)(C)OC(=O)[C@H](CCC[13CH]=O)N(C(=O)OC(C)(C)C)C(=O)OC(C)(C)C. The van der Waals surface area contributed by atoms with Crippen LogP contribution < -0.4 is 0 Å². The van der Waals surface area contributed by atoms with Gasteiger partial charge < -0.3 is 38.3 Å². The predicted octanol–water partition coefficient (Wildman–Crippen LogP) is 8.27. The summed E-state index contributed by atoms with van der Waals surface area (Å²) in [6.45, 7) is 29.9. The van der Waals surface area contributed by atoms with Crippen molar-refractivity contribution in [3.05, 3.63) is 0 Å². The minimum atomic E-state index is -1.27. The van der Waals surface area contributed by atoms with Crippen molar-refractivity contribution in [3.63, 3.8) is 0 Å². The molecule has 0 saturated heterocycles. The van der Waals surface area contributed by atoms with Gasteiger partial charge in [0.2, 0.25) is 0 Å². The Balaban J connectivity index is 0. The Labute approximate surface area is 334 Å². The van der Waals surface area contributed by atoms with Crippen LogP contribution in [-0.2, 0) is 42.8 Å². The topological polar surface area (TPSA) is 202 Å². The third kappa shape index (κ3) is 26.0. The number of hydrogen-bond acceptors (Lipinski definition) is 14. The van der Waals surface area contributed by atoms with Crippen molar-refractivity contribution < 1.29 is 67.1 Å². The number of amides is 4. The van der Waals surface area contributed by atoms with Crippen LogP contribution in [0.25, 0.3) is 0 Å². The summed E-state index contributed by atoms with van der Waals surface area (Å²) in [5.41, 5.74) is -5.16. The summed E-state index contributed by atoms with van der Waals surface area (Å²) in [7, 11) is 0. The summed E-state index contributed by atoms with van der Waals surface area (Å²) >= 11 is 0. The fourth-order valence-electron chi connectivity index (χ4n) is 4.19. The van der Waals surface area contributed by atoms with Crippen LogP contribution in [0.4, 0.5) is 19.2 Å². The number of aliphatic hydroxyl groups is 1. The molecular weight excluding hydrogens is 734 g/mol. The van der Waals surface area contributed by atoms with E-state index in [1.165, 1.54) is 0 Å². The molecule has 0 aliphatic carbocycles. The van der Waals surface area contributed by atoms with Crippen LogP contribution in [0, 0.1) is 0 Å². The normalized spacial score (nSPS) is 13.4. The van der Waals surface area contributed by atoms with E-state index in [-0.39, 0.29) is 32.3 Å². The van der Waals surface area contributed by atoms with Crippen molar-refractivity contribution in [2.75, 3.05) is 6.61 Å². The van der Waals surface area contributed by atoms with Gasteiger partial charge in [-0.15, -0.1) is 0 Å². The molecule has 56 heavy (non-hydrogen) atoms. The summed E-state index contributed by atoms with van der Waals surface area (Å²) in [6.07, 6.45) is -1.84. The minimum absolute atomic E-state index is 0.0478. The fraction of sp³-hybridized carbons (Fsp3) is 0.825. The smallest absolute Gasteiger partial charge is 0.420 e. The Hall–Kier alpha value is -3.95. The molecule has 2 atom stereocenters. The van der Waals surface area contributed by atoms with Crippen LogP contribution in [-0.4, -0.2) is 110 Å². The van der Waals surface area contributed by atoms with Gasteiger partial charge in [0.1, 0.15) is 52.0 Å². The molecule has 0 aliphatic rings. The van der Waals surface area contributed by atoms with Crippen LogP contribution in [0.1, 0.15) is 163 Å². The van der Waals surface area contributed by atoms with E-state index in [1.807, 2.05) is 0 Å². The molecule has 0 rings (SSSR count). The Morgan fingerprint density at radius 1 is 0.446 bits per heavy atom. The molecule has 4 amide bonds. The van der Waals surface area contributed by atoms with E-state index in [2.05, 4.69) is 0 Å². The van der Waals surface area contributed by atoms with Crippen molar-refractivity contribution in [2.45, 2.75) is 209 Å². The van der Waals surface area contributed by atoms with Gasteiger partial charge in [-0.05, 0) is 157 Å². The van der Waals surface area contributed by atoms with Gasteiger partial charge in [-0.1, -0.05) is 0 Å². The highest BCUT2D eigenvalue weighted by atomic mass is 16.6. The maximum Gasteiger partial charge on any atom is 0.420 e. The molecule has 0 fully saturated rings. The number of carbonyl (C=O) groups excluding carboxylic acids is 7. The number of ether oxygens (including phenoxy) is 6. The van der Waals surface area contributed by atoms with Gasteiger partial charge in [0, 0.05) is 13.0 Å². The van der Waals surface area contributed by atoms with E-state index in [0.29, 0.717) is 28.9 Å². The lowest BCUT2D eigenvalue weighted by molar-refractivity contribution is -0.162. The highest BCUT2D eigenvalue weighted by Gasteiger charge is 2.43. The molecule has 0 heterocycles. The van der Waals surface area contributed by atoms with Crippen molar-refractivity contribution >= 4 is 42.6 Å². The number of rotatable bonds is 12. The second-order valence-corrected chi connectivity index (χ2v) is 19.1. The maximum absolute atomic E-state index is 12.8. The lowest BCUT2D eigenvalue weighted by Crippen LogP contribution is -2.53. The molecule has 0 aliphatic heterocycles. The molecule has 0 unspecified atom stereocenters. The van der Waals surface area contributed by atoms with Crippen LogP contribution in [0.5, 0.6) is 0 Å². The molecule has 0 radical (unpaired) electrons. The lowest BCUT2D eigenvalue weighted by Gasteiger charge is -2.33. The molecule has 0 spiro atoms. The molecule has 16 nitrogen and oxygen atoms in total. The molecule has 326 valence electrons. The summed E-state index contributed by atoms with van der Waals surface area (Å²) < 4.78 is 32.1. The first-order chi connectivity index (χ1) is 24.9. The van der Waals surface area contributed by atoms with E-state index in [4.69, 9.17) is 33.5 Å². The number of nitrogens with zero attached hydrogens (tertiary/aromatic N) is 2. The molecule has 0 saturated carbocycles. The predicted molar refractivity (Wildman–Crippen MR) is 209 cm³/mol. The van der Waals surface area contributed by atoms with Gasteiger partial charge in [-0.2, -0.15) is 9.80 Å². The zero-order valence-electron chi connectivity index (χ0n) is 37.3. The molecule has 0 aromatic heterocycles. The molecule has 16 heteroatoms. The van der Waals surface area contributed by atoms with Gasteiger partial charge in [-0.25, -0.2) is 28.8 Å². The first-order valence-corrected chi connectivity index (χ1v) is 18.9. The first kappa shape index (κ1) is 54.2. The van der Waals surface area contributed by atoms with Gasteiger partial charge in [0.05, 0.1) is 0 Å². The van der Waals surface area contributed by atoms with E-state index < -0.39 is 82.0 Å². The third-order valence-corrected chi connectivity index (χ3v) is 6.03. The van der Waals surface area contributed by atoms with Crippen molar-refractivity contribution in [2.24, 2.45) is 0 Å². The van der Waals surface area contributed by atoms with E-state index in [0.717, 1.165) is 0 Å². The quantitative estimate of drug-likeness (QED) is 0.0649. The summed E-state index contributed by atoms with van der Waals surface area (Å²) in [5.74, 6) is -1.50. The standard InChI is InChI=1S/C20H37NO7.C20H35NO7/c2*1-18(2,3)26-15(23)14(12-10-11-13-22)21(16(24)27-19(4,5)6)17(25)28-20(7,8)9/h14,22H,10-13H2,1-9H3;13-14H,10-12H2,1-9H3/t2*14-/m00/s1/i2*13+1. The van der Waals surface area contributed by atoms with Crippen molar-refractivity contribution in [1.29, 1.82) is 0 Å². The molecule has 0 aromatic carbocycles. The lowest BCUT2D eigenvalue weighted by atomic mass is 10.1. The Morgan fingerprint density at radius 3 is 0.911 bits per heavy atom. The van der Waals surface area contributed by atoms with E-state index >= 15 is 0 Å². The second kappa shape index (κ2) is 22.1. The van der Waals surface area contributed by atoms with Crippen LogP contribution in [0.2, 0.25) is 0 Å². The zero-order valence-corrected chi connectivity index (χ0v) is 37.3. The van der Waals surface area contributed by atoms with Gasteiger partial charge >= 0.3 is 36.3 Å². The first-order valence-electron chi connectivity index (χ1n) is 18.9. The average molecular weight is 807 g/mol. The number of unbranched alkanes of at least 4 members (excludes halogenated alkanes) is 2. The average Bonchev–Trinajstić information content (AvgIpc) is 2.90. The monoisotopic (exact) mass is 807 g/mol. The van der Waals surface area contributed by atoms with Crippen LogP contribution >= 0.6 is 0 Å². The number of aliphatic hydroxyl groups excluding tert-OH is 1. The fourth-order valence-corrected chi connectivity index (χ4v) is 4.19. The number of imide groups is 2. The highest BCUT2D eigenvalue weighted by molar-refractivity contribution is 5.95. The highest BCUT2D eigenvalue weighted by Crippen LogP contribution is 2.24. The minimum Gasteiger partial charge on any atom is -0.458 e. The Morgan fingerprint density at radius 2 is 0.696 bits per heavy atom. The molecule has 1 N–H and O–H groups in total. The summed E-state index contributed by atoms with van der Waals surface area (Å²) in [4.78, 5) is 88.6. The van der Waals surface area contributed by atoms with Gasteiger partial charge in [-0.3, -0.25) is 0 Å². The second-order valence-electron chi connectivity index (χ2n) is 19.1. The van der Waals surface area contributed by atoms with Gasteiger partial charge in [0.25, 0.3) is 0 Å². The van der Waals surface area contributed by atoms with E-state index in [9.17, 15) is 33.6 Å². The number of esters is 2. The third-order valence-electron chi connectivity index (χ3n) is 6.03. The molecule has 0 aromatic rings. The number of aldehydes is 1. The largest absolute Gasteiger partial charge is 0.458 e. The van der Waals surface area contributed by atoms with E-state index in [1.54, 1.807) is 125 Å². The molecule has 0 bridgehead atoms. The van der Waals surface area contributed by atoms with Crippen LogP contribution in [0.15, 0.2) is 0 Å². The molecular formula is C40H72N2O14. The maximum atomic E-state index is 12.8. The zero-order chi connectivity index (χ0) is 44.7. The Bertz CT molecular complexity index is 1250. The summed E-state index contributed by atoms with van der Waals surface area (Å²) in [6, 6.07) is -2.50. The van der Waals surface area contributed by atoms with Crippen molar-refractivity contribution in [3.8, 4) is 0 Å². The summed E-state index contributed by atoms with van der Waals surface area (Å²) in [5, 5.41) is 9.05. The van der Waals surface area contributed by atoms with Crippen molar-refractivity contribution in [1.82, 2.24) is 9.80 Å².